The lowest BCUT2D eigenvalue weighted by Gasteiger charge is -2.13. The number of pyridine rings is 2. The molecule has 5 heterocycles. The lowest BCUT2D eigenvalue weighted by molar-refractivity contribution is 0.0950. The molecule has 38 heavy (non-hydrogen) atoms. The predicted octanol–water partition coefficient (Wildman–Crippen LogP) is 4.18. The summed E-state index contributed by atoms with van der Waals surface area (Å²) in [6, 6.07) is 11.3. The molecular formula is C26H20N6O4S2. The van der Waals surface area contributed by atoms with E-state index in [9.17, 15) is 13.2 Å². The number of sulfonamides is 1. The van der Waals surface area contributed by atoms with Crippen molar-refractivity contribution in [3.63, 3.8) is 0 Å². The lowest BCUT2D eigenvalue weighted by Crippen LogP contribution is -2.23. The first-order chi connectivity index (χ1) is 18.3. The monoisotopic (exact) mass is 544 g/mol. The zero-order chi connectivity index (χ0) is 26.4. The zero-order valence-electron chi connectivity index (χ0n) is 20.2. The van der Waals surface area contributed by atoms with E-state index in [4.69, 9.17) is 9.72 Å². The van der Waals surface area contributed by atoms with Gasteiger partial charge in [0, 0.05) is 46.7 Å². The molecular weight excluding hydrogens is 524 g/mol. The van der Waals surface area contributed by atoms with Gasteiger partial charge in [-0.3, -0.25) is 14.5 Å². The van der Waals surface area contributed by atoms with E-state index in [1.807, 2.05) is 19.1 Å². The van der Waals surface area contributed by atoms with Gasteiger partial charge in [-0.15, -0.1) is 11.3 Å². The van der Waals surface area contributed by atoms with Crippen LogP contribution in [0.5, 0.6) is 5.88 Å². The molecule has 4 aromatic heterocycles. The van der Waals surface area contributed by atoms with Crippen LogP contribution in [-0.4, -0.2) is 41.4 Å². The molecule has 12 heteroatoms. The Morgan fingerprint density at radius 1 is 1.00 bits per heavy atom. The number of nitrogens with zero attached hydrogens (tertiary/aromatic N) is 4. The average molecular weight is 545 g/mol. The van der Waals surface area contributed by atoms with Crippen LogP contribution in [0.15, 0.2) is 66.0 Å². The summed E-state index contributed by atoms with van der Waals surface area (Å²) >= 11 is 1.47. The number of carbonyl (C=O) groups excluding carboxylic acids is 1. The van der Waals surface area contributed by atoms with Gasteiger partial charge in [0.05, 0.1) is 27.9 Å². The van der Waals surface area contributed by atoms with Crippen LogP contribution in [0.25, 0.3) is 31.9 Å². The summed E-state index contributed by atoms with van der Waals surface area (Å²) in [7, 11) is -2.66. The van der Waals surface area contributed by atoms with E-state index in [2.05, 4.69) is 25.0 Å². The second-order valence-electron chi connectivity index (χ2n) is 8.62. The predicted molar refractivity (Wildman–Crippen MR) is 144 cm³/mol. The Bertz CT molecular complexity index is 1850. The van der Waals surface area contributed by atoms with Crippen molar-refractivity contribution in [2.75, 3.05) is 11.8 Å². The van der Waals surface area contributed by atoms with Gasteiger partial charge in [-0.1, -0.05) is 6.07 Å². The minimum Gasteiger partial charge on any atom is -0.480 e. The maximum atomic E-state index is 13.3. The van der Waals surface area contributed by atoms with Gasteiger partial charge in [-0.05, 0) is 48.9 Å². The highest BCUT2D eigenvalue weighted by molar-refractivity contribution is 7.92. The maximum Gasteiger partial charge on any atom is 0.262 e. The summed E-state index contributed by atoms with van der Waals surface area (Å²) in [5.41, 5.74) is 4.08. The molecule has 0 radical (unpaired) electrons. The number of benzene rings is 1. The third kappa shape index (κ3) is 4.33. The Morgan fingerprint density at radius 2 is 1.87 bits per heavy atom. The molecule has 0 unspecified atom stereocenters. The van der Waals surface area contributed by atoms with E-state index >= 15 is 0 Å². The van der Waals surface area contributed by atoms with Crippen molar-refractivity contribution in [3.05, 3.63) is 78.0 Å². The number of fused-ring (bicyclic) bond motifs is 9. The SMILES string of the molecule is COc1ncc2cc1NS(=O)(=O)c1cccc(c1)C(=O)NCc1cncc(c1)-c1nc(C)nc3cc-2sc13. The van der Waals surface area contributed by atoms with Crippen molar-refractivity contribution in [2.45, 2.75) is 18.4 Å². The largest absolute Gasteiger partial charge is 0.480 e. The normalized spacial score (nSPS) is 14.3. The summed E-state index contributed by atoms with van der Waals surface area (Å²) in [6.07, 6.45) is 5.02. The molecule has 190 valence electrons. The summed E-state index contributed by atoms with van der Waals surface area (Å²) in [5.74, 6) is 0.293. The Kier molecular flexibility index (Phi) is 5.77. The Labute approximate surface area is 221 Å². The number of hydrogen-bond acceptors (Lipinski definition) is 9. The zero-order valence-corrected chi connectivity index (χ0v) is 21.9. The summed E-state index contributed by atoms with van der Waals surface area (Å²) in [4.78, 5) is 31.7. The van der Waals surface area contributed by atoms with Gasteiger partial charge in [0.15, 0.2) is 0 Å². The van der Waals surface area contributed by atoms with Gasteiger partial charge in [-0.2, -0.15) is 0 Å². The number of aryl methyl sites for hydroxylation is 1. The number of hydrogen-bond donors (Lipinski definition) is 2. The molecule has 8 bridgehead atoms. The van der Waals surface area contributed by atoms with Crippen LogP contribution >= 0.6 is 11.3 Å². The van der Waals surface area contributed by atoms with Crippen LogP contribution in [0, 0.1) is 6.92 Å². The van der Waals surface area contributed by atoms with Crippen LogP contribution in [0.4, 0.5) is 5.69 Å². The summed E-state index contributed by atoms with van der Waals surface area (Å²) in [6.45, 7) is 2.02. The molecule has 0 aliphatic carbocycles. The number of anilines is 1. The van der Waals surface area contributed by atoms with Gasteiger partial charge >= 0.3 is 0 Å². The number of ether oxygens (including phenoxy) is 1. The van der Waals surface area contributed by atoms with Crippen molar-refractivity contribution in [2.24, 2.45) is 0 Å². The average Bonchev–Trinajstić information content (AvgIpc) is 3.35. The van der Waals surface area contributed by atoms with Crippen molar-refractivity contribution in [1.82, 2.24) is 25.3 Å². The number of amides is 1. The van der Waals surface area contributed by atoms with E-state index < -0.39 is 15.9 Å². The fourth-order valence-electron chi connectivity index (χ4n) is 4.21. The molecule has 0 atom stereocenters. The molecule has 10 nitrogen and oxygen atoms in total. The first kappa shape index (κ1) is 23.9. The molecule has 1 aliphatic rings. The molecule has 0 saturated carbocycles. The Hall–Kier alpha value is -4.42. The van der Waals surface area contributed by atoms with Crippen molar-refractivity contribution in [1.29, 1.82) is 0 Å². The van der Waals surface area contributed by atoms with Crippen molar-refractivity contribution in [3.8, 4) is 27.6 Å². The Morgan fingerprint density at radius 3 is 2.71 bits per heavy atom. The number of carbonyl (C=O) groups is 1. The molecule has 5 aromatic rings. The van der Waals surface area contributed by atoms with Crippen molar-refractivity contribution < 1.29 is 17.9 Å². The van der Waals surface area contributed by atoms with E-state index in [1.165, 1.54) is 36.6 Å². The van der Waals surface area contributed by atoms with Crippen LogP contribution < -0.4 is 14.8 Å². The molecule has 6 rings (SSSR count). The third-order valence-electron chi connectivity index (χ3n) is 5.98. The van der Waals surface area contributed by atoms with E-state index in [1.54, 1.807) is 30.7 Å². The third-order valence-corrected chi connectivity index (χ3v) is 8.53. The van der Waals surface area contributed by atoms with Gasteiger partial charge in [0.1, 0.15) is 11.5 Å². The highest BCUT2D eigenvalue weighted by Crippen LogP contribution is 2.39. The smallest absolute Gasteiger partial charge is 0.262 e. The molecule has 0 saturated heterocycles. The van der Waals surface area contributed by atoms with Gasteiger partial charge in [-0.25, -0.2) is 23.4 Å². The topological polar surface area (TPSA) is 136 Å². The molecule has 2 N–H and O–H groups in total. The first-order valence-corrected chi connectivity index (χ1v) is 13.8. The number of thiophene rings is 1. The van der Waals surface area contributed by atoms with Gasteiger partial charge in [0.2, 0.25) is 5.88 Å². The van der Waals surface area contributed by atoms with Gasteiger partial charge in [0.25, 0.3) is 15.9 Å². The number of rotatable bonds is 1. The minimum absolute atomic E-state index is 0.0698. The molecule has 1 aromatic carbocycles. The summed E-state index contributed by atoms with van der Waals surface area (Å²) in [5, 5.41) is 2.84. The van der Waals surface area contributed by atoms with Crippen LogP contribution in [0.1, 0.15) is 21.7 Å². The number of aromatic nitrogens is 4. The number of nitrogens with one attached hydrogen (secondary N) is 2. The van der Waals surface area contributed by atoms with Crippen LogP contribution in [0.3, 0.4) is 0 Å². The highest BCUT2D eigenvalue weighted by atomic mass is 32.2. The van der Waals surface area contributed by atoms with E-state index in [-0.39, 0.29) is 28.6 Å². The minimum atomic E-state index is -4.07. The second-order valence-corrected chi connectivity index (χ2v) is 11.4. The molecule has 1 amide bonds. The van der Waals surface area contributed by atoms with Gasteiger partial charge < -0.3 is 10.1 Å². The van der Waals surface area contributed by atoms with Crippen LogP contribution in [-0.2, 0) is 16.6 Å². The van der Waals surface area contributed by atoms with E-state index in [0.717, 1.165) is 31.9 Å². The summed E-state index contributed by atoms with van der Waals surface area (Å²) < 4.78 is 35.4. The van der Waals surface area contributed by atoms with Crippen LogP contribution in [0.2, 0.25) is 0 Å². The standard InChI is InChI=1S/C26H20N6O4S2/c1-14-30-20-9-22-17-8-21(26(36-2)29-13-17)32-38(34,35)19-5-3-4-16(7-19)25(33)28-11-15-6-18(12-27-10-15)23(31-14)24(20)37-22/h3-10,12-13,32H,11H2,1-2H3,(H,28,33). The maximum absolute atomic E-state index is 13.3. The van der Waals surface area contributed by atoms with Crippen molar-refractivity contribution >= 4 is 43.2 Å². The molecule has 0 fully saturated rings. The molecule has 1 aliphatic heterocycles. The number of methoxy groups -OCH3 is 1. The van der Waals surface area contributed by atoms with E-state index in [0.29, 0.717) is 11.4 Å². The quantitative estimate of drug-likeness (QED) is 0.321. The lowest BCUT2D eigenvalue weighted by atomic mass is 10.1. The Balaban J connectivity index is 1.59. The molecule has 0 spiro atoms. The fraction of sp³-hybridized carbons (Fsp3) is 0.115. The fourth-order valence-corrected chi connectivity index (χ4v) is 6.40. The highest BCUT2D eigenvalue weighted by Gasteiger charge is 2.21. The second kappa shape index (κ2) is 9.15. The first-order valence-electron chi connectivity index (χ1n) is 11.5.